The number of hydrogen-bond donors (Lipinski definition) is 0. The lowest BCUT2D eigenvalue weighted by Crippen LogP contribution is -1.82. The number of rotatable bonds is 4. The summed E-state index contributed by atoms with van der Waals surface area (Å²) in [6.07, 6.45) is 7.29. The van der Waals surface area contributed by atoms with Gasteiger partial charge in [0.25, 0.3) is 0 Å². The van der Waals surface area contributed by atoms with E-state index in [1.54, 1.807) is 0 Å². The van der Waals surface area contributed by atoms with E-state index in [0.717, 1.165) is 13.0 Å². The molecule has 0 aliphatic carbocycles. The van der Waals surface area contributed by atoms with Crippen LogP contribution in [0.4, 0.5) is 0 Å². The summed E-state index contributed by atoms with van der Waals surface area (Å²) in [4.78, 5) is 0. The number of hydrogen-bond acceptors (Lipinski definition) is 1. The van der Waals surface area contributed by atoms with Crippen molar-refractivity contribution in [2.45, 2.75) is 39.7 Å². The van der Waals surface area contributed by atoms with Gasteiger partial charge in [0.1, 0.15) is 0 Å². The Kier molecular flexibility index (Phi) is 3.54. The molecule has 12 heavy (non-hydrogen) atoms. The topological polar surface area (TPSA) is 12.5 Å². The van der Waals surface area contributed by atoms with Gasteiger partial charge in [-0.3, -0.25) is 0 Å². The fraction of sp³-hybridized carbons (Fsp3) is 0.636. The van der Waals surface area contributed by atoms with Crippen LogP contribution in [-0.2, 0) is 4.74 Å². The predicted molar refractivity (Wildman–Crippen MR) is 52.2 cm³/mol. The van der Waals surface area contributed by atoms with Crippen LogP contribution in [0.15, 0.2) is 23.3 Å². The Morgan fingerprint density at radius 2 is 2.08 bits per heavy atom. The molecule has 0 spiro atoms. The summed E-state index contributed by atoms with van der Waals surface area (Å²) in [5.41, 5.74) is 2.86. The van der Waals surface area contributed by atoms with Crippen molar-refractivity contribution in [3.63, 3.8) is 0 Å². The standard InChI is InChI=1S/C11H18O/c1-9(2)5-4-6-10(3)7-11-8-12-11/h5,7,11H,4,6,8H2,1-3H3/b10-7+/t11-/m0/s1. The summed E-state index contributed by atoms with van der Waals surface area (Å²) >= 11 is 0. The molecule has 1 rings (SSSR count). The smallest absolute Gasteiger partial charge is 0.0993 e. The van der Waals surface area contributed by atoms with E-state index in [1.165, 1.54) is 17.6 Å². The number of ether oxygens (including phenoxy) is 1. The summed E-state index contributed by atoms with van der Waals surface area (Å²) in [5.74, 6) is 0. The quantitative estimate of drug-likeness (QED) is 0.462. The monoisotopic (exact) mass is 166 g/mol. The first-order valence-electron chi connectivity index (χ1n) is 4.61. The third-order valence-corrected chi connectivity index (χ3v) is 1.92. The molecule has 0 amide bonds. The maximum absolute atomic E-state index is 5.11. The first-order valence-corrected chi connectivity index (χ1v) is 4.61. The molecule has 0 N–H and O–H groups in total. The Morgan fingerprint density at radius 3 is 2.58 bits per heavy atom. The van der Waals surface area contributed by atoms with Crippen LogP contribution in [0.25, 0.3) is 0 Å². The van der Waals surface area contributed by atoms with Crippen LogP contribution in [0.3, 0.4) is 0 Å². The normalized spacial score (nSPS) is 22.2. The Morgan fingerprint density at radius 1 is 1.42 bits per heavy atom. The van der Waals surface area contributed by atoms with Crippen LogP contribution < -0.4 is 0 Å². The van der Waals surface area contributed by atoms with E-state index in [0.29, 0.717) is 6.10 Å². The summed E-state index contributed by atoms with van der Waals surface area (Å²) in [7, 11) is 0. The van der Waals surface area contributed by atoms with Crippen molar-refractivity contribution < 1.29 is 4.74 Å². The van der Waals surface area contributed by atoms with Crippen molar-refractivity contribution >= 4 is 0 Å². The Hall–Kier alpha value is -0.560. The molecule has 1 nitrogen and oxygen atoms in total. The lowest BCUT2D eigenvalue weighted by molar-refractivity contribution is 0.439. The molecule has 1 fully saturated rings. The van der Waals surface area contributed by atoms with E-state index < -0.39 is 0 Å². The molecule has 0 unspecified atom stereocenters. The van der Waals surface area contributed by atoms with Gasteiger partial charge < -0.3 is 4.74 Å². The molecule has 0 saturated carbocycles. The third kappa shape index (κ3) is 4.35. The van der Waals surface area contributed by atoms with Gasteiger partial charge in [0.2, 0.25) is 0 Å². The van der Waals surface area contributed by atoms with Gasteiger partial charge in [-0.15, -0.1) is 0 Å². The minimum absolute atomic E-state index is 0.441. The second-order valence-corrected chi connectivity index (χ2v) is 3.70. The van der Waals surface area contributed by atoms with E-state index >= 15 is 0 Å². The van der Waals surface area contributed by atoms with Crippen LogP contribution in [0.1, 0.15) is 33.6 Å². The Bertz CT molecular complexity index is 193. The van der Waals surface area contributed by atoms with Crippen molar-refractivity contribution in [1.29, 1.82) is 0 Å². The van der Waals surface area contributed by atoms with Gasteiger partial charge in [0.15, 0.2) is 0 Å². The fourth-order valence-electron chi connectivity index (χ4n) is 1.14. The maximum Gasteiger partial charge on any atom is 0.0993 e. The summed E-state index contributed by atoms with van der Waals surface area (Å²) in [5, 5.41) is 0. The molecule has 0 aromatic heterocycles. The SMILES string of the molecule is CC(C)=CCC/C(C)=C/[C@H]1CO1. The molecule has 1 atom stereocenters. The van der Waals surface area contributed by atoms with E-state index in [4.69, 9.17) is 4.74 Å². The van der Waals surface area contributed by atoms with Gasteiger partial charge in [-0.05, 0) is 33.6 Å². The van der Waals surface area contributed by atoms with Gasteiger partial charge in [-0.2, -0.15) is 0 Å². The molecule has 0 bridgehead atoms. The average Bonchev–Trinajstić information content (AvgIpc) is 2.70. The first kappa shape index (κ1) is 9.53. The van der Waals surface area contributed by atoms with Crippen molar-refractivity contribution in [3.05, 3.63) is 23.3 Å². The highest BCUT2D eigenvalue weighted by Crippen LogP contribution is 2.15. The largest absolute Gasteiger partial charge is 0.369 e. The van der Waals surface area contributed by atoms with Crippen molar-refractivity contribution in [3.8, 4) is 0 Å². The molecular weight excluding hydrogens is 148 g/mol. The number of allylic oxidation sites excluding steroid dienone is 3. The first-order chi connectivity index (χ1) is 5.68. The van der Waals surface area contributed by atoms with Gasteiger partial charge in [-0.1, -0.05) is 23.3 Å². The highest BCUT2D eigenvalue weighted by Gasteiger charge is 2.18. The Labute approximate surface area is 75.1 Å². The lowest BCUT2D eigenvalue weighted by Gasteiger charge is -1.96. The van der Waals surface area contributed by atoms with Gasteiger partial charge in [-0.25, -0.2) is 0 Å². The molecule has 0 radical (unpaired) electrons. The fourth-order valence-corrected chi connectivity index (χ4v) is 1.14. The summed E-state index contributed by atoms with van der Waals surface area (Å²) in [6, 6.07) is 0. The van der Waals surface area contributed by atoms with Crippen LogP contribution in [0, 0.1) is 0 Å². The summed E-state index contributed by atoms with van der Waals surface area (Å²) < 4.78 is 5.11. The summed E-state index contributed by atoms with van der Waals surface area (Å²) in [6.45, 7) is 7.40. The molecule has 1 heterocycles. The van der Waals surface area contributed by atoms with E-state index in [1.807, 2.05) is 0 Å². The van der Waals surface area contributed by atoms with E-state index in [9.17, 15) is 0 Å². The zero-order valence-electron chi connectivity index (χ0n) is 8.26. The van der Waals surface area contributed by atoms with E-state index in [2.05, 4.69) is 32.9 Å². The zero-order valence-corrected chi connectivity index (χ0v) is 8.26. The predicted octanol–water partition coefficient (Wildman–Crippen LogP) is 3.08. The van der Waals surface area contributed by atoms with Crippen LogP contribution >= 0.6 is 0 Å². The van der Waals surface area contributed by atoms with Crippen LogP contribution in [0.2, 0.25) is 0 Å². The second kappa shape index (κ2) is 4.46. The van der Waals surface area contributed by atoms with Crippen LogP contribution in [0.5, 0.6) is 0 Å². The van der Waals surface area contributed by atoms with Gasteiger partial charge in [0.05, 0.1) is 12.7 Å². The molecular formula is C11H18O. The van der Waals surface area contributed by atoms with Crippen LogP contribution in [-0.4, -0.2) is 12.7 Å². The third-order valence-electron chi connectivity index (χ3n) is 1.92. The van der Waals surface area contributed by atoms with Crippen molar-refractivity contribution in [2.24, 2.45) is 0 Å². The highest BCUT2D eigenvalue weighted by atomic mass is 16.6. The molecule has 0 aromatic rings. The molecule has 1 aliphatic rings. The van der Waals surface area contributed by atoms with Gasteiger partial charge in [0, 0.05) is 0 Å². The molecule has 1 aliphatic heterocycles. The number of epoxide rings is 1. The molecule has 1 saturated heterocycles. The van der Waals surface area contributed by atoms with Crippen molar-refractivity contribution in [1.82, 2.24) is 0 Å². The minimum Gasteiger partial charge on any atom is -0.369 e. The lowest BCUT2D eigenvalue weighted by atomic mass is 10.1. The van der Waals surface area contributed by atoms with Gasteiger partial charge >= 0.3 is 0 Å². The zero-order chi connectivity index (χ0) is 8.97. The second-order valence-electron chi connectivity index (χ2n) is 3.70. The molecule has 0 aromatic carbocycles. The maximum atomic E-state index is 5.11. The van der Waals surface area contributed by atoms with E-state index in [-0.39, 0.29) is 0 Å². The highest BCUT2D eigenvalue weighted by molar-refractivity contribution is 5.07. The average molecular weight is 166 g/mol. The minimum atomic E-state index is 0.441. The van der Waals surface area contributed by atoms with Crippen molar-refractivity contribution in [2.75, 3.05) is 6.61 Å². The molecule has 1 heteroatoms. The Balaban J connectivity index is 2.17. The molecule has 68 valence electrons.